The van der Waals surface area contributed by atoms with Gasteiger partial charge in [-0.15, -0.1) is 0 Å². The summed E-state index contributed by atoms with van der Waals surface area (Å²) in [4.78, 5) is 10.4. The normalized spacial score (nSPS) is 24.3. The van der Waals surface area contributed by atoms with Crippen LogP contribution in [0.5, 0.6) is 0 Å². The minimum atomic E-state index is 0.100. The SMILES string of the molecule is CC.CC1CNC(=O)CN1. The summed E-state index contributed by atoms with van der Waals surface area (Å²) in [6, 6.07) is 0.438. The molecule has 0 spiro atoms. The van der Waals surface area contributed by atoms with Gasteiger partial charge in [-0.25, -0.2) is 0 Å². The van der Waals surface area contributed by atoms with E-state index in [1.165, 1.54) is 0 Å². The van der Waals surface area contributed by atoms with Gasteiger partial charge < -0.3 is 10.6 Å². The highest BCUT2D eigenvalue weighted by Crippen LogP contribution is 1.82. The van der Waals surface area contributed by atoms with Gasteiger partial charge in [0.15, 0.2) is 0 Å². The summed E-state index contributed by atoms with van der Waals surface area (Å²) in [5, 5.41) is 5.75. The number of hydrogen-bond donors (Lipinski definition) is 2. The van der Waals surface area contributed by atoms with E-state index in [0.717, 1.165) is 6.54 Å². The fourth-order valence-electron chi connectivity index (χ4n) is 0.669. The Labute approximate surface area is 62.2 Å². The van der Waals surface area contributed by atoms with Gasteiger partial charge in [0, 0.05) is 12.6 Å². The summed E-state index contributed by atoms with van der Waals surface area (Å²) in [5.41, 5.74) is 0. The summed E-state index contributed by atoms with van der Waals surface area (Å²) in [6.45, 7) is 7.28. The van der Waals surface area contributed by atoms with E-state index >= 15 is 0 Å². The lowest BCUT2D eigenvalue weighted by atomic mass is 10.3. The van der Waals surface area contributed by atoms with Crippen LogP contribution in [0.3, 0.4) is 0 Å². The molecule has 1 heterocycles. The molecule has 1 atom stereocenters. The maximum absolute atomic E-state index is 10.4. The van der Waals surface area contributed by atoms with Crippen LogP contribution in [-0.2, 0) is 4.79 Å². The van der Waals surface area contributed by atoms with E-state index in [2.05, 4.69) is 10.6 Å². The highest BCUT2D eigenvalue weighted by molar-refractivity contribution is 5.78. The monoisotopic (exact) mass is 144 g/mol. The van der Waals surface area contributed by atoms with Gasteiger partial charge in [-0.05, 0) is 6.92 Å². The molecule has 1 fully saturated rings. The maximum Gasteiger partial charge on any atom is 0.234 e. The largest absolute Gasteiger partial charge is 0.353 e. The Balaban J connectivity index is 0.000000371. The first-order valence-electron chi connectivity index (χ1n) is 3.79. The Hall–Kier alpha value is -0.570. The van der Waals surface area contributed by atoms with Gasteiger partial charge in [-0.1, -0.05) is 13.8 Å². The lowest BCUT2D eigenvalue weighted by Gasteiger charge is -2.19. The second kappa shape index (κ2) is 5.23. The molecule has 10 heavy (non-hydrogen) atoms. The molecule has 1 saturated heterocycles. The number of nitrogens with one attached hydrogen (secondary N) is 2. The number of hydrogen-bond acceptors (Lipinski definition) is 2. The molecule has 1 rings (SSSR count). The summed E-state index contributed by atoms with van der Waals surface area (Å²) in [7, 11) is 0. The minimum Gasteiger partial charge on any atom is -0.353 e. The fourth-order valence-corrected chi connectivity index (χ4v) is 0.669. The van der Waals surface area contributed by atoms with Crippen LogP contribution in [0.2, 0.25) is 0 Å². The summed E-state index contributed by atoms with van der Waals surface area (Å²) in [5.74, 6) is 0.100. The van der Waals surface area contributed by atoms with Crippen molar-refractivity contribution in [1.29, 1.82) is 0 Å². The van der Waals surface area contributed by atoms with E-state index in [-0.39, 0.29) is 5.91 Å². The van der Waals surface area contributed by atoms with Crippen molar-refractivity contribution in [3.05, 3.63) is 0 Å². The zero-order valence-electron chi connectivity index (χ0n) is 6.90. The zero-order chi connectivity index (χ0) is 7.98. The number of carbonyl (C=O) groups excluding carboxylic acids is 1. The van der Waals surface area contributed by atoms with Gasteiger partial charge in [0.05, 0.1) is 6.54 Å². The highest BCUT2D eigenvalue weighted by atomic mass is 16.2. The molecule has 0 bridgehead atoms. The topological polar surface area (TPSA) is 41.1 Å². The third kappa shape index (κ3) is 3.45. The molecule has 1 aliphatic rings. The van der Waals surface area contributed by atoms with Gasteiger partial charge in [-0.3, -0.25) is 4.79 Å². The molecule has 3 nitrogen and oxygen atoms in total. The summed E-state index contributed by atoms with van der Waals surface area (Å²) >= 11 is 0. The predicted octanol–water partition coefficient (Wildman–Crippen LogP) is 0.120. The van der Waals surface area contributed by atoms with Crippen molar-refractivity contribution in [2.45, 2.75) is 26.8 Å². The standard InChI is InChI=1S/C5H10N2O.C2H6/c1-4-2-7-5(8)3-6-4;1-2/h4,6H,2-3H2,1H3,(H,7,8);1-2H3. The van der Waals surface area contributed by atoms with Crippen LogP contribution >= 0.6 is 0 Å². The van der Waals surface area contributed by atoms with Crippen LogP contribution in [0.25, 0.3) is 0 Å². The fraction of sp³-hybridized carbons (Fsp3) is 0.857. The molecule has 1 amide bonds. The number of rotatable bonds is 0. The van der Waals surface area contributed by atoms with Crippen LogP contribution in [0.4, 0.5) is 0 Å². The molecular formula is C7H16N2O. The first-order valence-corrected chi connectivity index (χ1v) is 3.79. The average molecular weight is 144 g/mol. The quantitative estimate of drug-likeness (QED) is 0.507. The van der Waals surface area contributed by atoms with Crippen molar-refractivity contribution in [1.82, 2.24) is 10.6 Å². The van der Waals surface area contributed by atoms with Crippen LogP contribution in [0.1, 0.15) is 20.8 Å². The van der Waals surface area contributed by atoms with Crippen molar-refractivity contribution in [3.8, 4) is 0 Å². The van der Waals surface area contributed by atoms with Crippen molar-refractivity contribution >= 4 is 5.91 Å². The lowest BCUT2D eigenvalue weighted by molar-refractivity contribution is -0.121. The van der Waals surface area contributed by atoms with Crippen molar-refractivity contribution in [2.75, 3.05) is 13.1 Å². The molecule has 0 aromatic heterocycles. The first kappa shape index (κ1) is 9.43. The molecule has 1 unspecified atom stereocenters. The van der Waals surface area contributed by atoms with E-state index in [1.54, 1.807) is 0 Å². The maximum atomic E-state index is 10.4. The lowest BCUT2D eigenvalue weighted by Crippen LogP contribution is -2.50. The zero-order valence-corrected chi connectivity index (χ0v) is 6.90. The molecule has 60 valence electrons. The Morgan fingerprint density at radius 1 is 1.50 bits per heavy atom. The van der Waals surface area contributed by atoms with Crippen LogP contribution in [0.15, 0.2) is 0 Å². The smallest absolute Gasteiger partial charge is 0.234 e. The van der Waals surface area contributed by atoms with Crippen molar-refractivity contribution < 1.29 is 4.79 Å². The molecule has 0 radical (unpaired) electrons. The van der Waals surface area contributed by atoms with E-state index in [1.807, 2.05) is 20.8 Å². The third-order valence-electron chi connectivity index (χ3n) is 1.22. The number of carbonyl (C=O) groups is 1. The second-order valence-electron chi connectivity index (χ2n) is 2.09. The molecule has 0 aliphatic carbocycles. The predicted molar refractivity (Wildman–Crippen MR) is 41.8 cm³/mol. The third-order valence-corrected chi connectivity index (χ3v) is 1.22. The van der Waals surface area contributed by atoms with Crippen LogP contribution < -0.4 is 10.6 Å². The van der Waals surface area contributed by atoms with Crippen LogP contribution in [0, 0.1) is 0 Å². The number of piperazine rings is 1. The van der Waals surface area contributed by atoms with Crippen molar-refractivity contribution in [2.24, 2.45) is 0 Å². The molecule has 0 aromatic rings. The Bertz CT molecular complexity index is 93.8. The average Bonchev–Trinajstić information content (AvgIpc) is 2.00. The second-order valence-corrected chi connectivity index (χ2v) is 2.09. The Morgan fingerprint density at radius 3 is 2.40 bits per heavy atom. The van der Waals surface area contributed by atoms with E-state index in [4.69, 9.17) is 0 Å². The Kier molecular flexibility index (Phi) is 4.94. The molecule has 2 N–H and O–H groups in total. The van der Waals surface area contributed by atoms with Crippen molar-refractivity contribution in [3.63, 3.8) is 0 Å². The summed E-state index contributed by atoms with van der Waals surface area (Å²) in [6.07, 6.45) is 0. The van der Waals surface area contributed by atoms with E-state index in [9.17, 15) is 4.79 Å². The van der Waals surface area contributed by atoms with Gasteiger partial charge in [0.2, 0.25) is 5.91 Å². The highest BCUT2D eigenvalue weighted by Gasteiger charge is 2.10. The minimum absolute atomic E-state index is 0.100. The van der Waals surface area contributed by atoms with E-state index < -0.39 is 0 Å². The van der Waals surface area contributed by atoms with E-state index in [0.29, 0.717) is 12.6 Å². The van der Waals surface area contributed by atoms with Crippen LogP contribution in [-0.4, -0.2) is 25.0 Å². The molecule has 0 saturated carbocycles. The molecule has 0 aromatic carbocycles. The van der Waals surface area contributed by atoms with Gasteiger partial charge >= 0.3 is 0 Å². The summed E-state index contributed by atoms with van der Waals surface area (Å²) < 4.78 is 0. The molecular weight excluding hydrogens is 128 g/mol. The molecule has 1 aliphatic heterocycles. The van der Waals surface area contributed by atoms with Gasteiger partial charge in [0.25, 0.3) is 0 Å². The van der Waals surface area contributed by atoms with Gasteiger partial charge in [-0.2, -0.15) is 0 Å². The first-order chi connectivity index (χ1) is 4.79. The molecule has 3 heteroatoms. The Morgan fingerprint density at radius 2 is 2.10 bits per heavy atom. The van der Waals surface area contributed by atoms with Gasteiger partial charge in [0.1, 0.15) is 0 Å². The number of amides is 1.